The maximum atomic E-state index is 6.05. The van der Waals surface area contributed by atoms with Gasteiger partial charge >= 0.3 is 0 Å². The summed E-state index contributed by atoms with van der Waals surface area (Å²) in [4.78, 5) is 0. The zero-order valence-corrected chi connectivity index (χ0v) is 11.2. The summed E-state index contributed by atoms with van der Waals surface area (Å²) in [6.45, 7) is 0. The predicted molar refractivity (Wildman–Crippen MR) is 73.3 cm³/mol. The molecular weight excluding hydrogens is 238 g/mol. The summed E-state index contributed by atoms with van der Waals surface area (Å²) in [5.74, 6) is 3.32. The van der Waals surface area contributed by atoms with E-state index in [0.717, 1.165) is 10.9 Å². The average Bonchev–Trinajstić information content (AvgIpc) is 2.31. The van der Waals surface area contributed by atoms with Gasteiger partial charge < -0.3 is 5.32 Å². The van der Waals surface area contributed by atoms with Crippen molar-refractivity contribution in [2.75, 3.05) is 18.6 Å². The number of benzene rings is 1. The van der Waals surface area contributed by atoms with E-state index in [4.69, 9.17) is 11.6 Å². The summed E-state index contributed by atoms with van der Waals surface area (Å²) in [5.41, 5.74) is 1.32. The molecule has 0 radical (unpaired) electrons. The van der Waals surface area contributed by atoms with Crippen molar-refractivity contribution in [3.63, 3.8) is 0 Å². The predicted octanol–water partition coefficient (Wildman–Crippen LogP) is 3.74. The van der Waals surface area contributed by atoms with Gasteiger partial charge in [-0.25, -0.2) is 0 Å². The molecule has 1 saturated heterocycles. The Kier molecular flexibility index (Phi) is 4.56. The van der Waals surface area contributed by atoms with Crippen LogP contribution in [0.5, 0.6) is 0 Å². The highest BCUT2D eigenvalue weighted by atomic mass is 35.5. The molecule has 1 fully saturated rings. The number of rotatable bonds is 3. The minimum Gasteiger partial charge on any atom is -0.313 e. The van der Waals surface area contributed by atoms with Crippen molar-refractivity contribution in [2.45, 2.75) is 18.9 Å². The quantitative estimate of drug-likeness (QED) is 0.883. The van der Waals surface area contributed by atoms with Crippen LogP contribution >= 0.6 is 23.4 Å². The summed E-state index contributed by atoms with van der Waals surface area (Å²) in [5, 5.41) is 4.28. The monoisotopic (exact) mass is 255 g/mol. The molecule has 0 amide bonds. The Bertz CT molecular complexity index is 336. The molecule has 1 aromatic rings. The van der Waals surface area contributed by atoms with E-state index in [1.165, 1.54) is 29.9 Å². The Balaban J connectivity index is 2.14. The fraction of sp³-hybridized carbons (Fsp3) is 0.538. The first-order valence-electron chi connectivity index (χ1n) is 5.81. The molecule has 0 aromatic heterocycles. The molecule has 3 heteroatoms. The number of hydrogen-bond donors (Lipinski definition) is 1. The summed E-state index contributed by atoms with van der Waals surface area (Å²) in [6.07, 6.45) is 2.67. The Morgan fingerprint density at radius 2 is 2.38 bits per heavy atom. The van der Waals surface area contributed by atoms with Crippen LogP contribution in [-0.2, 0) is 0 Å². The van der Waals surface area contributed by atoms with Crippen LogP contribution in [0.15, 0.2) is 24.3 Å². The lowest BCUT2D eigenvalue weighted by molar-refractivity contribution is 0.385. The number of halogens is 1. The Labute approximate surface area is 107 Å². The molecule has 88 valence electrons. The summed E-state index contributed by atoms with van der Waals surface area (Å²) >= 11 is 8.12. The van der Waals surface area contributed by atoms with E-state index in [-0.39, 0.29) is 0 Å². The van der Waals surface area contributed by atoms with Gasteiger partial charge in [0.2, 0.25) is 0 Å². The van der Waals surface area contributed by atoms with Crippen molar-refractivity contribution < 1.29 is 0 Å². The van der Waals surface area contributed by atoms with E-state index >= 15 is 0 Å². The minimum absolute atomic E-state index is 0.450. The molecule has 0 bridgehead atoms. The lowest BCUT2D eigenvalue weighted by Gasteiger charge is -2.30. The van der Waals surface area contributed by atoms with Crippen LogP contribution in [0, 0.1) is 5.92 Å². The summed E-state index contributed by atoms with van der Waals surface area (Å²) in [7, 11) is 2.05. The van der Waals surface area contributed by atoms with E-state index in [9.17, 15) is 0 Å². The van der Waals surface area contributed by atoms with Crippen molar-refractivity contribution in [1.29, 1.82) is 0 Å². The molecule has 2 atom stereocenters. The lowest BCUT2D eigenvalue weighted by atomic mass is 9.91. The van der Waals surface area contributed by atoms with Crippen molar-refractivity contribution in [3.8, 4) is 0 Å². The van der Waals surface area contributed by atoms with E-state index < -0.39 is 0 Å². The number of hydrogen-bond acceptors (Lipinski definition) is 2. The van der Waals surface area contributed by atoms with Crippen LogP contribution in [0.1, 0.15) is 24.4 Å². The van der Waals surface area contributed by atoms with Gasteiger partial charge in [-0.2, -0.15) is 11.8 Å². The first-order valence-corrected chi connectivity index (χ1v) is 7.35. The Morgan fingerprint density at radius 3 is 3.00 bits per heavy atom. The van der Waals surface area contributed by atoms with Gasteiger partial charge in [0, 0.05) is 11.1 Å². The Hall–Kier alpha value is -0.180. The van der Waals surface area contributed by atoms with Crippen molar-refractivity contribution >= 4 is 23.4 Å². The van der Waals surface area contributed by atoms with Gasteiger partial charge in [-0.15, -0.1) is 0 Å². The molecular formula is C13H18ClNS. The SMILES string of the molecule is CNC(c1cccc(Cl)c1)C1CCCSC1. The Morgan fingerprint density at radius 1 is 1.50 bits per heavy atom. The topological polar surface area (TPSA) is 12.0 Å². The zero-order valence-electron chi connectivity index (χ0n) is 9.58. The molecule has 1 aromatic carbocycles. The molecule has 2 unspecified atom stereocenters. The average molecular weight is 256 g/mol. The smallest absolute Gasteiger partial charge is 0.0409 e. The van der Waals surface area contributed by atoms with Crippen molar-refractivity contribution in [3.05, 3.63) is 34.9 Å². The molecule has 1 nitrogen and oxygen atoms in total. The minimum atomic E-state index is 0.450. The van der Waals surface area contributed by atoms with Gasteiger partial charge in [0.25, 0.3) is 0 Å². The van der Waals surface area contributed by atoms with Gasteiger partial charge in [-0.3, -0.25) is 0 Å². The molecule has 1 aliphatic rings. The second-order valence-corrected chi connectivity index (χ2v) is 5.88. The van der Waals surface area contributed by atoms with Crippen molar-refractivity contribution in [1.82, 2.24) is 5.32 Å². The summed E-state index contributed by atoms with van der Waals surface area (Å²) < 4.78 is 0. The maximum absolute atomic E-state index is 6.05. The molecule has 1 aliphatic heterocycles. The molecule has 1 N–H and O–H groups in total. The van der Waals surface area contributed by atoms with Crippen LogP contribution in [-0.4, -0.2) is 18.6 Å². The molecule has 1 heterocycles. The molecule has 16 heavy (non-hydrogen) atoms. The van der Waals surface area contributed by atoms with Crippen LogP contribution in [0.2, 0.25) is 5.02 Å². The zero-order chi connectivity index (χ0) is 11.4. The number of thioether (sulfide) groups is 1. The van der Waals surface area contributed by atoms with Gasteiger partial charge in [0.15, 0.2) is 0 Å². The van der Waals surface area contributed by atoms with Gasteiger partial charge in [0.05, 0.1) is 0 Å². The normalized spacial score (nSPS) is 23.0. The maximum Gasteiger partial charge on any atom is 0.0409 e. The first-order chi connectivity index (χ1) is 7.81. The molecule has 0 spiro atoms. The van der Waals surface area contributed by atoms with E-state index in [1.807, 2.05) is 19.2 Å². The van der Waals surface area contributed by atoms with E-state index in [2.05, 4.69) is 29.2 Å². The second-order valence-electron chi connectivity index (χ2n) is 4.30. The van der Waals surface area contributed by atoms with Gasteiger partial charge in [-0.1, -0.05) is 23.7 Å². The number of nitrogens with one attached hydrogen (secondary N) is 1. The second kappa shape index (κ2) is 5.95. The highest BCUT2D eigenvalue weighted by Crippen LogP contribution is 2.33. The standard InChI is InChI=1S/C13H18ClNS/c1-15-13(11-5-3-7-16-9-11)10-4-2-6-12(14)8-10/h2,4,6,8,11,13,15H,3,5,7,9H2,1H3. The largest absolute Gasteiger partial charge is 0.313 e. The van der Waals surface area contributed by atoms with E-state index in [1.54, 1.807) is 0 Å². The highest BCUT2D eigenvalue weighted by molar-refractivity contribution is 7.99. The molecule has 0 aliphatic carbocycles. The van der Waals surface area contributed by atoms with Crippen LogP contribution in [0.4, 0.5) is 0 Å². The van der Waals surface area contributed by atoms with Crippen molar-refractivity contribution in [2.24, 2.45) is 5.92 Å². The molecule has 2 rings (SSSR count). The fourth-order valence-corrected chi connectivity index (χ4v) is 3.80. The van der Waals surface area contributed by atoms with Gasteiger partial charge in [-0.05, 0) is 55.0 Å². The van der Waals surface area contributed by atoms with Crippen LogP contribution in [0.25, 0.3) is 0 Å². The van der Waals surface area contributed by atoms with E-state index in [0.29, 0.717) is 6.04 Å². The highest BCUT2D eigenvalue weighted by Gasteiger charge is 2.23. The third-order valence-corrected chi connectivity index (χ3v) is 4.66. The van der Waals surface area contributed by atoms with Crippen LogP contribution < -0.4 is 5.32 Å². The third-order valence-electron chi connectivity index (χ3n) is 3.19. The first kappa shape index (κ1) is 12.3. The van der Waals surface area contributed by atoms with Gasteiger partial charge in [0.1, 0.15) is 0 Å². The fourth-order valence-electron chi connectivity index (χ4n) is 2.40. The lowest BCUT2D eigenvalue weighted by Crippen LogP contribution is -2.28. The third kappa shape index (κ3) is 2.93. The molecule has 0 saturated carbocycles. The summed E-state index contributed by atoms with van der Waals surface area (Å²) in [6, 6.07) is 8.69. The van der Waals surface area contributed by atoms with Crippen LogP contribution in [0.3, 0.4) is 0 Å².